The van der Waals surface area contributed by atoms with Crippen molar-refractivity contribution in [3.63, 3.8) is 0 Å². The second kappa shape index (κ2) is 10.3. The lowest BCUT2D eigenvalue weighted by atomic mass is 9.76. The van der Waals surface area contributed by atoms with E-state index in [1.165, 1.54) is 7.11 Å². The zero-order valence-electron chi connectivity index (χ0n) is 17.3. The lowest BCUT2D eigenvalue weighted by Gasteiger charge is -2.35. The van der Waals surface area contributed by atoms with Gasteiger partial charge in [-0.25, -0.2) is 9.59 Å². The van der Waals surface area contributed by atoms with E-state index in [4.69, 9.17) is 21.1 Å². The van der Waals surface area contributed by atoms with Crippen molar-refractivity contribution in [2.75, 3.05) is 7.11 Å². The minimum atomic E-state index is -0.747. The van der Waals surface area contributed by atoms with Gasteiger partial charge in [0.1, 0.15) is 12.1 Å². The fourth-order valence-electron chi connectivity index (χ4n) is 3.26. The molecule has 156 valence electrons. The van der Waals surface area contributed by atoms with Crippen molar-refractivity contribution in [3.05, 3.63) is 70.7 Å². The number of carbonyl (C=O) groups excluding carboxylic acids is 2. The minimum absolute atomic E-state index is 0.468. The summed E-state index contributed by atoms with van der Waals surface area (Å²) in [6.07, 6.45) is -0.0778. The number of methoxy groups -OCH3 is 1. The molecule has 2 atom stereocenters. The Morgan fingerprint density at radius 3 is 2.38 bits per heavy atom. The number of rotatable bonds is 8. The Labute approximate surface area is 177 Å². The molecule has 0 bridgehead atoms. The Kier molecular flexibility index (Phi) is 8.09. The van der Waals surface area contributed by atoms with Crippen LogP contribution in [0, 0.1) is 0 Å². The molecule has 0 saturated heterocycles. The number of ether oxygens (including phenoxy) is 2. The van der Waals surface area contributed by atoms with E-state index in [2.05, 4.69) is 5.32 Å². The Bertz CT molecular complexity index is 823. The molecule has 0 aliphatic carbocycles. The summed E-state index contributed by atoms with van der Waals surface area (Å²) in [5, 5.41) is 3.25. The van der Waals surface area contributed by atoms with Crippen molar-refractivity contribution >= 4 is 23.7 Å². The molecule has 0 aliphatic rings. The molecule has 0 aromatic heterocycles. The van der Waals surface area contributed by atoms with Crippen molar-refractivity contribution in [2.45, 2.75) is 51.2 Å². The monoisotopic (exact) mass is 417 g/mol. The summed E-state index contributed by atoms with van der Waals surface area (Å²) in [4.78, 5) is 24.7. The lowest BCUT2D eigenvalue weighted by Crippen LogP contribution is -2.43. The summed E-state index contributed by atoms with van der Waals surface area (Å²) in [5.74, 6) is -0.492. The van der Waals surface area contributed by atoms with Gasteiger partial charge in [-0.05, 0) is 29.7 Å². The van der Waals surface area contributed by atoms with Crippen LogP contribution in [0.4, 0.5) is 4.79 Å². The summed E-state index contributed by atoms with van der Waals surface area (Å²) in [5.41, 5.74) is 1.21. The van der Waals surface area contributed by atoms with E-state index in [9.17, 15) is 9.59 Å². The molecule has 0 saturated carbocycles. The zero-order chi connectivity index (χ0) is 21.4. The van der Waals surface area contributed by atoms with Gasteiger partial charge in [0.15, 0.2) is 0 Å². The first-order chi connectivity index (χ1) is 13.8. The van der Waals surface area contributed by atoms with Crippen LogP contribution < -0.4 is 5.32 Å². The molecule has 2 aromatic carbocycles. The molecule has 0 spiro atoms. The first-order valence-corrected chi connectivity index (χ1v) is 10.0. The molecule has 6 heteroatoms. The normalized spacial score (nSPS) is 13.3. The van der Waals surface area contributed by atoms with Gasteiger partial charge in [0.25, 0.3) is 0 Å². The third kappa shape index (κ3) is 5.97. The molecular weight excluding hydrogens is 390 g/mol. The van der Waals surface area contributed by atoms with Crippen LogP contribution in [-0.2, 0) is 19.7 Å². The zero-order valence-corrected chi connectivity index (χ0v) is 18.0. The van der Waals surface area contributed by atoms with Gasteiger partial charge >= 0.3 is 12.1 Å². The number of esters is 1. The van der Waals surface area contributed by atoms with Crippen LogP contribution in [0.3, 0.4) is 0 Å². The van der Waals surface area contributed by atoms with E-state index < -0.39 is 29.6 Å². The SMILES string of the molecule is CCC[C@H](NC(=O)OC(c1ccccc1)C(C)(C)c1cccc(Cl)c1)C(=O)OC. The maximum atomic E-state index is 12.7. The highest BCUT2D eigenvalue weighted by Gasteiger charge is 2.36. The van der Waals surface area contributed by atoms with Gasteiger partial charge in [-0.3, -0.25) is 0 Å². The van der Waals surface area contributed by atoms with E-state index in [1.807, 2.05) is 69.3 Å². The quantitative estimate of drug-likeness (QED) is 0.582. The predicted octanol–water partition coefficient (Wildman–Crippen LogP) is 5.43. The molecule has 5 nitrogen and oxygen atoms in total. The highest BCUT2D eigenvalue weighted by atomic mass is 35.5. The maximum Gasteiger partial charge on any atom is 0.408 e. The van der Waals surface area contributed by atoms with Gasteiger partial charge in [-0.2, -0.15) is 0 Å². The van der Waals surface area contributed by atoms with Gasteiger partial charge < -0.3 is 14.8 Å². The minimum Gasteiger partial charge on any atom is -0.467 e. The third-order valence-electron chi connectivity index (χ3n) is 4.91. The molecule has 0 radical (unpaired) electrons. The van der Waals surface area contributed by atoms with E-state index in [1.54, 1.807) is 6.07 Å². The lowest BCUT2D eigenvalue weighted by molar-refractivity contribution is -0.143. The Morgan fingerprint density at radius 1 is 1.10 bits per heavy atom. The fraction of sp³-hybridized carbons (Fsp3) is 0.391. The van der Waals surface area contributed by atoms with Crippen LogP contribution in [-0.4, -0.2) is 25.2 Å². The van der Waals surface area contributed by atoms with E-state index in [0.29, 0.717) is 11.4 Å². The molecular formula is C23H28ClNO4. The third-order valence-corrected chi connectivity index (χ3v) is 5.14. The summed E-state index contributed by atoms with van der Waals surface area (Å²) in [6.45, 7) is 5.92. The standard InChI is InChI=1S/C23H28ClNO4/c1-5-10-19(21(26)28-4)25-22(27)29-20(16-11-7-6-8-12-16)23(2,3)17-13-9-14-18(24)15-17/h6-9,11-15,19-20H,5,10H2,1-4H3,(H,25,27)/t19-,20?/m0/s1. The van der Waals surface area contributed by atoms with Crippen molar-refractivity contribution in [3.8, 4) is 0 Å². The number of hydrogen-bond donors (Lipinski definition) is 1. The van der Waals surface area contributed by atoms with Gasteiger partial charge in [-0.1, -0.05) is 81.3 Å². The first-order valence-electron chi connectivity index (χ1n) is 9.65. The Hall–Kier alpha value is -2.53. The predicted molar refractivity (Wildman–Crippen MR) is 114 cm³/mol. The molecule has 1 amide bonds. The van der Waals surface area contributed by atoms with Crippen LogP contribution >= 0.6 is 11.6 Å². The van der Waals surface area contributed by atoms with Gasteiger partial charge in [-0.15, -0.1) is 0 Å². The highest BCUT2D eigenvalue weighted by Crippen LogP contribution is 2.40. The maximum absolute atomic E-state index is 12.7. The topological polar surface area (TPSA) is 64.6 Å². The Morgan fingerprint density at radius 2 is 1.79 bits per heavy atom. The first kappa shape index (κ1) is 22.8. The van der Waals surface area contributed by atoms with E-state index in [0.717, 1.165) is 17.5 Å². The Balaban J connectivity index is 2.32. The molecule has 0 aliphatic heterocycles. The van der Waals surface area contributed by atoms with Gasteiger partial charge in [0.2, 0.25) is 0 Å². The van der Waals surface area contributed by atoms with Crippen molar-refractivity contribution in [1.29, 1.82) is 0 Å². The second-order valence-electron chi connectivity index (χ2n) is 7.44. The molecule has 0 heterocycles. The van der Waals surface area contributed by atoms with E-state index in [-0.39, 0.29) is 0 Å². The number of halogens is 1. The largest absolute Gasteiger partial charge is 0.467 e. The summed E-state index contributed by atoms with van der Waals surface area (Å²) in [6, 6.07) is 16.3. The smallest absolute Gasteiger partial charge is 0.408 e. The summed E-state index contributed by atoms with van der Waals surface area (Å²) >= 11 is 6.19. The van der Waals surface area contributed by atoms with Crippen LogP contribution in [0.15, 0.2) is 54.6 Å². The molecule has 0 fully saturated rings. The molecule has 2 aromatic rings. The van der Waals surface area contributed by atoms with Crippen molar-refractivity contribution in [2.24, 2.45) is 0 Å². The molecule has 29 heavy (non-hydrogen) atoms. The number of hydrogen-bond acceptors (Lipinski definition) is 4. The number of amides is 1. The van der Waals surface area contributed by atoms with Crippen molar-refractivity contribution < 1.29 is 19.1 Å². The van der Waals surface area contributed by atoms with Crippen LogP contribution in [0.25, 0.3) is 0 Å². The molecule has 1 unspecified atom stereocenters. The molecule has 1 N–H and O–H groups in total. The summed E-state index contributed by atoms with van der Waals surface area (Å²) in [7, 11) is 1.30. The van der Waals surface area contributed by atoms with Crippen LogP contribution in [0.2, 0.25) is 5.02 Å². The van der Waals surface area contributed by atoms with Crippen molar-refractivity contribution in [1.82, 2.24) is 5.32 Å². The summed E-state index contributed by atoms with van der Waals surface area (Å²) < 4.78 is 10.6. The van der Waals surface area contributed by atoms with Gasteiger partial charge in [0, 0.05) is 10.4 Å². The fourth-order valence-corrected chi connectivity index (χ4v) is 3.45. The molecule has 2 rings (SSSR count). The van der Waals surface area contributed by atoms with Gasteiger partial charge in [0.05, 0.1) is 7.11 Å². The highest BCUT2D eigenvalue weighted by molar-refractivity contribution is 6.30. The second-order valence-corrected chi connectivity index (χ2v) is 7.87. The van der Waals surface area contributed by atoms with Crippen LogP contribution in [0.5, 0.6) is 0 Å². The average molecular weight is 418 g/mol. The number of nitrogens with one attached hydrogen (secondary N) is 1. The number of benzene rings is 2. The number of alkyl carbamates (subject to hydrolysis) is 1. The number of carbonyl (C=O) groups is 2. The average Bonchev–Trinajstić information content (AvgIpc) is 2.71. The van der Waals surface area contributed by atoms with E-state index >= 15 is 0 Å². The van der Waals surface area contributed by atoms with Crippen LogP contribution in [0.1, 0.15) is 50.8 Å².